The lowest BCUT2D eigenvalue weighted by molar-refractivity contribution is -0.137. The molecule has 7 heteroatoms. The minimum absolute atomic E-state index is 0.0168. The van der Waals surface area contributed by atoms with Gasteiger partial charge in [-0.2, -0.15) is 13.2 Å². The number of nitrogens with one attached hydrogen (secondary N) is 1. The molecule has 2 nitrogen and oxygen atoms in total. The number of aromatic nitrogens is 1. The molecule has 1 heterocycles. The van der Waals surface area contributed by atoms with Crippen LogP contribution in [-0.2, 0) is 12.7 Å². The summed E-state index contributed by atoms with van der Waals surface area (Å²) in [7, 11) is 0. The SMILES string of the molecule is FC(F)(F)c1cc(Cl)cc(NCc2ccncc2Cl)c1. The summed E-state index contributed by atoms with van der Waals surface area (Å²) in [5, 5.41) is 3.32. The van der Waals surface area contributed by atoms with Gasteiger partial charge in [0.2, 0.25) is 0 Å². The molecule has 0 saturated carbocycles. The molecule has 106 valence electrons. The minimum Gasteiger partial charge on any atom is -0.381 e. The third-order valence-electron chi connectivity index (χ3n) is 2.56. The molecule has 20 heavy (non-hydrogen) atoms. The van der Waals surface area contributed by atoms with Crippen molar-refractivity contribution in [3.05, 3.63) is 57.8 Å². The quantitative estimate of drug-likeness (QED) is 0.859. The van der Waals surface area contributed by atoms with Gasteiger partial charge in [-0.3, -0.25) is 4.98 Å². The van der Waals surface area contributed by atoms with Crippen LogP contribution in [0.4, 0.5) is 18.9 Å². The molecule has 1 aromatic carbocycles. The van der Waals surface area contributed by atoms with Crippen molar-refractivity contribution in [2.75, 3.05) is 5.32 Å². The molecule has 0 amide bonds. The van der Waals surface area contributed by atoms with E-state index >= 15 is 0 Å². The van der Waals surface area contributed by atoms with E-state index < -0.39 is 11.7 Å². The summed E-state index contributed by atoms with van der Waals surface area (Å²) in [6.45, 7) is 0.277. The van der Waals surface area contributed by atoms with Crippen molar-refractivity contribution < 1.29 is 13.2 Å². The predicted octanol–water partition coefficient (Wildman–Crippen LogP) is 5.02. The van der Waals surface area contributed by atoms with E-state index in [4.69, 9.17) is 23.2 Å². The van der Waals surface area contributed by atoms with Crippen molar-refractivity contribution in [3.63, 3.8) is 0 Å². The Bertz CT molecular complexity index is 615. The molecule has 0 aliphatic carbocycles. The molecular formula is C13H9Cl2F3N2. The number of nitrogens with zero attached hydrogens (tertiary/aromatic N) is 1. The lowest BCUT2D eigenvalue weighted by Gasteiger charge is -2.12. The Morgan fingerprint density at radius 1 is 1.15 bits per heavy atom. The zero-order valence-electron chi connectivity index (χ0n) is 10.0. The fraction of sp³-hybridized carbons (Fsp3) is 0.154. The van der Waals surface area contributed by atoms with Gasteiger partial charge in [-0.15, -0.1) is 0 Å². The standard InChI is InChI=1S/C13H9Cl2F3N2/c14-10-3-9(13(16,17)18)4-11(5-10)20-6-8-1-2-19-7-12(8)15/h1-5,7,20H,6H2. The third kappa shape index (κ3) is 3.77. The average molecular weight is 321 g/mol. The van der Waals surface area contributed by atoms with Crippen LogP contribution in [0.1, 0.15) is 11.1 Å². The van der Waals surface area contributed by atoms with Crippen LogP contribution in [0.2, 0.25) is 10.0 Å². The second-order valence-electron chi connectivity index (χ2n) is 4.05. The fourth-order valence-corrected chi connectivity index (χ4v) is 2.02. The van der Waals surface area contributed by atoms with Gasteiger partial charge in [0.15, 0.2) is 0 Å². The topological polar surface area (TPSA) is 24.9 Å². The Kier molecular flexibility index (Phi) is 4.40. The number of alkyl halides is 3. The molecule has 0 unspecified atom stereocenters. The summed E-state index contributed by atoms with van der Waals surface area (Å²) < 4.78 is 38.0. The first-order valence-corrected chi connectivity index (χ1v) is 6.32. The van der Waals surface area contributed by atoms with Crippen molar-refractivity contribution in [1.29, 1.82) is 0 Å². The lowest BCUT2D eigenvalue weighted by Crippen LogP contribution is -2.07. The summed E-state index contributed by atoms with van der Waals surface area (Å²) in [5.74, 6) is 0. The zero-order chi connectivity index (χ0) is 14.8. The summed E-state index contributed by atoms with van der Waals surface area (Å²) >= 11 is 11.6. The maximum atomic E-state index is 12.7. The molecule has 1 aromatic heterocycles. The molecule has 0 spiro atoms. The van der Waals surface area contributed by atoms with Gasteiger partial charge in [0.25, 0.3) is 0 Å². The molecule has 0 fully saturated rings. The van der Waals surface area contributed by atoms with Crippen LogP contribution in [-0.4, -0.2) is 4.98 Å². The summed E-state index contributed by atoms with van der Waals surface area (Å²) in [5.41, 5.74) is 0.209. The summed E-state index contributed by atoms with van der Waals surface area (Å²) in [4.78, 5) is 3.83. The van der Waals surface area contributed by atoms with Gasteiger partial charge >= 0.3 is 6.18 Å². The number of pyridine rings is 1. The van der Waals surface area contributed by atoms with E-state index in [2.05, 4.69) is 10.3 Å². The zero-order valence-corrected chi connectivity index (χ0v) is 11.5. The maximum absolute atomic E-state index is 12.7. The monoisotopic (exact) mass is 320 g/mol. The molecular weight excluding hydrogens is 312 g/mol. The molecule has 0 bridgehead atoms. The van der Waals surface area contributed by atoms with Gasteiger partial charge in [0.05, 0.1) is 10.6 Å². The highest BCUT2D eigenvalue weighted by molar-refractivity contribution is 6.31. The van der Waals surface area contributed by atoms with Crippen LogP contribution >= 0.6 is 23.2 Å². The smallest absolute Gasteiger partial charge is 0.381 e. The molecule has 1 N–H and O–H groups in total. The molecule has 2 aromatic rings. The number of rotatable bonds is 3. The second-order valence-corrected chi connectivity index (χ2v) is 4.89. The first-order valence-electron chi connectivity index (χ1n) is 5.56. The number of hydrogen-bond acceptors (Lipinski definition) is 2. The Labute approximate surface area is 123 Å². The number of hydrogen-bond donors (Lipinski definition) is 1. The van der Waals surface area contributed by atoms with E-state index in [1.165, 1.54) is 12.3 Å². The van der Waals surface area contributed by atoms with E-state index in [0.29, 0.717) is 5.02 Å². The van der Waals surface area contributed by atoms with Crippen LogP contribution in [0.5, 0.6) is 0 Å². The second kappa shape index (κ2) is 5.89. The Morgan fingerprint density at radius 2 is 1.90 bits per heavy atom. The molecule has 0 saturated heterocycles. The lowest BCUT2D eigenvalue weighted by atomic mass is 10.2. The maximum Gasteiger partial charge on any atom is 0.416 e. The highest BCUT2D eigenvalue weighted by Gasteiger charge is 2.31. The molecule has 0 radical (unpaired) electrons. The van der Waals surface area contributed by atoms with Crippen molar-refractivity contribution in [3.8, 4) is 0 Å². The first-order chi connectivity index (χ1) is 9.36. The van der Waals surface area contributed by atoms with Crippen molar-refractivity contribution in [2.45, 2.75) is 12.7 Å². The van der Waals surface area contributed by atoms with Crippen LogP contribution in [0, 0.1) is 0 Å². The number of benzene rings is 1. The fourth-order valence-electron chi connectivity index (χ4n) is 1.60. The van der Waals surface area contributed by atoms with E-state index in [1.807, 2.05) is 0 Å². The van der Waals surface area contributed by atoms with Gasteiger partial charge in [-0.1, -0.05) is 23.2 Å². The normalized spacial score (nSPS) is 11.4. The van der Waals surface area contributed by atoms with Gasteiger partial charge in [0, 0.05) is 29.6 Å². The predicted molar refractivity (Wildman–Crippen MR) is 73.0 cm³/mol. The van der Waals surface area contributed by atoms with Crippen LogP contribution < -0.4 is 5.32 Å². The van der Waals surface area contributed by atoms with Crippen molar-refractivity contribution in [1.82, 2.24) is 4.98 Å². The van der Waals surface area contributed by atoms with Gasteiger partial charge in [-0.25, -0.2) is 0 Å². The Hall–Kier alpha value is -1.46. The highest BCUT2D eigenvalue weighted by atomic mass is 35.5. The van der Waals surface area contributed by atoms with Crippen molar-refractivity contribution in [2.24, 2.45) is 0 Å². The molecule has 0 atom stereocenters. The summed E-state index contributed by atoms with van der Waals surface area (Å²) in [6.07, 6.45) is -1.41. The van der Waals surface area contributed by atoms with E-state index in [1.54, 1.807) is 12.3 Å². The van der Waals surface area contributed by atoms with Gasteiger partial charge in [-0.05, 0) is 29.8 Å². The van der Waals surface area contributed by atoms with Gasteiger partial charge in [0.1, 0.15) is 0 Å². The number of halogens is 5. The average Bonchev–Trinajstić information content (AvgIpc) is 2.36. The van der Waals surface area contributed by atoms with Gasteiger partial charge < -0.3 is 5.32 Å². The molecule has 0 aliphatic rings. The Balaban J connectivity index is 2.18. The van der Waals surface area contributed by atoms with Crippen LogP contribution in [0.3, 0.4) is 0 Å². The number of anilines is 1. The largest absolute Gasteiger partial charge is 0.416 e. The first kappa shape index (κ1) is 14.9. The third-order valence-corrected chi connectivity index (χ3v) is 3.12. The highest BCUT2D eigenvalue weighted by Crippen LogP contribution is 2.33. The van der Waals surface area contributed by atoms with E-state index in [9.17, 15) is 13.2 Å². The van der Waals surface area contributed by atoms with Crippen molar-refractivity contribution >= 4 is 28.9 Å². The van der Waals surface area contributed by atoms with E-state index in [0.717, 1.165) is 17.7 Å². The van der Waals surface area contributed by atoms with Crippen LogP contribution in [0.15, 0.2) is 36.7 Å². The Morgan fingerprint density at radius 3 is 2.55 bits per heavy atom. The van der Waals surface area contributed by atoms with Crippen LogP contribution in [0.25, 0.3) is 0 Å². The molecule has 2 rings (SSSR count). The minimum atomic E-state index is -4.43. The molecule has 0 aliphatic heterocycles. The summed E-state index contributed by atoms with van der Waals surface area (Å²) in [6, 6.07) is 4.99. The van der Waals surface area contributed by atoms with E-state index in [-0.39, 0.29) is 17.3 Å².